The van der Waals surface area contributed by atoms with E-state index in [9.17, 15) is 9.59 Å². The van der Waals surface area contributed by atoms with Crippen molar-refractivity contribution in [2.45, 2.75) is 33.7 Å². The molecule has 1 aliphatic rings. The fourth-order valence-corrected chi connectivity index (χ4v) is 2.90. The highest BCUT2D eigenvalue weighted by molar-refractivity contribution is 6.04. The molecule has 1 heterocycles. The molecule has 2 amide bonds. The van der Waals surface area contributed by atoms with Gasteiger partial charge in [0.2, 0.25) is 11.8 Å². The van der Waals surface area contributed by atoms with E-state index in [4.69, 9.17) is 4.74 Å². The third kappa shape index (κ3) is 4.44. The van der Waals surface area contributed by atoms with E-state index >= 15 is 0 Å². The third-order valence-corrected chi connectivity index (χ3v) is 4.53. The Morgan fingerprint density at radius 1 is 1.08 bits per heavy atom. The molecule has 138 valence electrons. The lowest BCUT2D eigenvalue weighted by atomic mass is 9.89. The number of benzene rings is 1. The molecule has 0 saturated carbocycles. The van der Waals surface area contributed by atoms with Crippen molar-refractivity contribution in [1.82, 2.24) is 10.2 Å². The Hall–Kier alpha value is -2.24. The van der Waals surface area contributed by atoms with Crippen LogP contribution in [0.1, 0.15) is 27.7 Å². The molecule has 0 radical (unpaired) electrons. The van der Waals surface area contributed by atoms with Crippen LogP contribution in [-0.2, 0) is 9.59 Å². The number of piperazine rings is 1. The highest BCUT2D eigenvalue weighted by atomic mass is 16.5. The summed E-state index contributed by atoms with van der Waals surface area (Å²) in [5.41, 5.74) is 0.0664. The smallest absolute Gasteiger partial charge is 0.237 e. The van der Waals surface area contributed by atoms with E-state index in [-0.39, 0.29) is 17.9 Å². The molecule has 2 rings (SSSR count). The van der Waals surface area contributed by atoms with Gasteiger partial charge in [-0.3, -0.25) is 9.59 Å². The normalized spacial score (nSPS) is 15.3. The molecule has 0 aliphatic carbocycles. The van der Waals surface area contributed by atoms with E-state index < -0.39 is 5.41 Å². The van der Waals surface area contributed by atoms with E-state index in [0.717, 1.165) is 24.5 Å². The lowest BCUT2D eigenvalue weighted by Crippen LogP contribution is -2.56. The number of methoxy groups -OCH3 is 1. The quantitative estimate of drug-likeness (QED) is 0.827. The second kappa shape index (κ2) is 7.76. The van der Waals surface area contributed by atoms with Crippen LogP contribution in [0.2, 0.25) is 0 Å². The summed E-state index contributed by atoms with van der Waals surface area (Å²) >= 11 is 0. The number of nitrogens with one attached hydrogen (secondary N) is 1. The van der Waals surface area contributed by atoms with E-state index in [2.05, 4.69) is 10.2 Å². The van der Waals surface area contributed by atoms with Gasteiger partial charge in [0, 0.05) is 37.9 Å². The maximum Gasteiger partial charge on any atom is 0.237 e. The summed E-state index contributed by atoms with van der Waals surface area (Å²) in [5, 5.41) is 2.84. The van der Waals surface area contributed by atoms with Crippen molar-refractivity contribution >= 4 is 17.5 Å². The number of nitrogens with zero attached hydrogens (tertiary/aromatic N) is 2. The monoisotopic (exact) mass is 347 g/mol. The first-order chi connectivity index (χ1) is 11.8. The zero-order valence-corrected chi connectivity index (χ0v) is 15.8. The van der Waals surface area contributed by atoms with Gasteiger partial charge >= 0.3 is 0 Å². The van der Waals surface area contributed by atoms with Crippen LogP contribution >= 0.6 is 0 Å². The van der Waals surface area contributed by atoms with Crippen molar-refractivity contribution in [1.29, 1.82) is 0 Å². The lowest BCUT2D eigenvalue weighted by molar-refractivity contribution is -0.149. The number of amides is 2. The number of hydrogen-bond acceptors (Lipinski definition) is 4. The molecule has 25 heavy (non-hydrogen) atoms. The Morgan fingerprint density at radius 2 is 1.64 bits per heavy atom. The van der Waals surface area contributed by atoms with Crippen molar-refractivity contribution in [3.05, 3.63) is 24.3 Å². The van der Waals surface area contributed by atoms with Gasteiger partial charge in [0.05, 0.1) is 7.11 Å². The topological polar surface area (TPSA) is 61.9 Å². The molecule has 1 aromatic rings. The molecule has 1 aliphatic heterocycles. The summed E-state index contributed by atoms with van der Waals surface area (Å²) in [6.45, 7) is 9.91. The Morgan fingerprint density at radius 3 is 2.12 bits per heavy atom. The Bertz CT molecular complexity index is 603. The Kier molecular flexibility index (Phi) is 5.93. The molecule has 0 unspecified atom stereocenters. The largest absolute Gasteiger partial charge is 0.497 e. The van der Waals surface area contributed by atoms with Crippen LogP contribution in [-0.4, -0.2) is 56.0 Å². The minimum Gasteiger partial charge on any atom is -0.497 e. The van der Waals surface area contributed by atoms with Gasteiger partial charge in [-0.15, -0.1) is 0 Å². The van der Waals surface area contributed by atoms with Gasteiger partial charge in [-0.05, 0) is 52.0 Å². The van der Waals surface area contributed by atoms with Gasteiger partial charge in [-0.1, -0.05) is 0 Å². The fraction of sp³-hybridized carbons (Fsp3) is 0.579. The lowest BCUT2D eigenvalue weighted by Gasteiger charge is -2.39. The number of carbonyl (C=O) groups excluding carboxylic acids is 2. The predicted molar refractivity (Wildman–Crippen MR) is 98.8 cm³/mol. The SMILES string of the molecule is COc1ccc(N2CCN(C(=O)C(C)(C)C(=O)NC(C)C)CC2)cc1. The standard InChI is InChI=1S/C19H29N3O3/c1-14(2)20-17(23)19(3,4)18(24)22-12-10-21(11-13-22)15-6-8-16(25-5)9-7-15/h6-9,14H,10-13H2,1-5H3,(H,20,23). The predicted octanol–water partition coefficient (Wildman–Crippen LogP) is 1.89. The average molecular weight is 347 g/mol. The first-order valence-electron chi connectivity index (χ1n) is 8.75. The van der Waals surface area contributed by atoms with E-state index in [1.165, 1.54) is 0 Å². The van der Waals surface area contributed by atoms with Crippen LogP contribution in [0.4, 0.5) is 5.69 Å². The summed E-state index contributed by atoms with van der Waals surface area (Å²) in [6.07, 6.45) is 0. The van der Waals surface area contributed by atoms with Crippen LogP contribution in [0.5, 0.6) is 5.75 Å². The highest BCUT2D eigenvalue weighted by Crippen LogP contribution is 2.24. The van der Waals surface area contributed by atoms with Gasteiger partial charge in [-0.25, -0.2) is 0 Å². The van der Waals surface area contributed by atoms with Crippen LogP contribution in [0, 0.1) is 5.41 Å². The first kappa shape index (κ1) is 19.1. The van der Waals surface area contributed by atoms with Gasteiger partial charge in [0.15, 0.2) is 0 Å². The van der Waals surface area contributed by atoms with Crippen molar-refractivity contribution < 1.29 is 14.3 Å². The number of hydrogen-bond donors (Lipinski definition) is 1. The fourth-order valence-electron chi connectivity index (χ4n) is 2.90. The van der Waals surface area contributed by atoms with Crippen LogP contribution in [0.3, 0.4) is 0 Å². The molecule has 0 aromatic heterocycles. The molecule has 1 fully saturated rings. The summed E-state index contributed by atoms with van der Waals surface area (Å²) < 4.78 is 5.18. The molecular weight excluding hydrogens is 318 g/mol. The Labute approximate surface area is 150 Å². The van der Waals surface area contributed by atoms with Gasteiger partial charge in [0.25, 0.3) is 0 Å². The molecule has 0 bridgehead atoms. The molecule has 1 N–H and O–H groups in total. The van der Waals surface area contributed by atoms with E-state index in [0.29, 0.717) is 13.1 Å². The number of carbonyl (C=O) groups is 2. The second-order valence-electron chi connectivity index (χ2n) is 7.23. The highest BCUT2D eigenvalue weighted by Gasteiger charge is 2.40. The van der Waals surface area contributed by atoms with Crippen molar-refractivity contribution in [2.24, 2.45) is 5.41 Å². The van der Waals surface area contributed by atoms with Crippen LogP contribution in [0.25, 0.3) is 0 Å². The first-order valence-corrected chi connectivity index (χ1v) is 8.75. The summed E-state index contributed by atoms with van der Waals surface area (Å²) in [6, 6.07) is 7.94. The molecule has 0 atom stereocenters. The number of ether oxygens (including phenoxy) is 1. The van der Waals surface area contributed by atoms with E-state index in [1.807, 2.05) is 38.1 Å². The molecule has 1 aromatic carbocycles. The van der Waals surface area contributed by atoms with Crippen LogP contribution in [0.15, 0.2) is 24.3 Å². The molecule has 0 spiro atoms. The Balaban J connectivity index is 1.96. The van der Waals surface area contributed by atoms with Crippen molar-refractivity contribution in [2.75, 3.05) is 38.2 Å². The van der Waals surface area contributed by atoms with Crippen molar-refractivity contribution in [3.63, 3.8) is 0 Å². The minimum absolute atomic E-state index is 0.0199. The summed E-state index contributed by atoms with van der Waals surface area (Å²) in [7, 11) is 1.65. The molecule has 6 nitrogen and oxygen atoms in total. The molecule has 1 saturated heterocycles. The molecular formula is C19H29N3O3. The maximum atomic E-state index is 12.8. The summed E-state index contributed by atoms with van der Waals surface area (Å²) in [5.74, 6) is 0.501. The summed E-state index contributed by atoms with van der Waals surface area (Å²) in [4.78, 5) is 29.2. The van der Waals surface area contributed by atoms with Crippen molar-refractivity contribution in [3.8, 4) is 5.75 Å². The van der Waals surface area contributed by atoms with Gasteiger partial charge < -0.3 is 19.9 Å². The second-order valence-corrected chi connectivity index (χ2v) is 7.23. The maximum absolute atomic E-state index is 12.8. The number of rotatable bonds is 5. The third-order valence-electron chi connectivity index (χ3n) is 4.53. The van der Waals surface area contributed by atoms with Gasteiger partial charge in [-0.2, -0.15) is 0 Å². The minimum atomic E-state index is -1.05. The zero-order chi connectivity index (χ0) is 18.6. The van der Waals surface area contributed by atoms with E-state index in [1.54, 1.807) is 25.9 Å². The number of anilines is 1. The molecule has 6 heteroatoms. The van der Waals surface area contributed by atoms with Crippen LogP contribution < -0.4 is 15.0 Å². The zero-order valence-electron chi connectivity index (χ0n) is 15.8. The van der Waals surface area contributed by atoms with Gasteiger partial charge in [0.1, 0.15) is 11.2 Å². The average Bonchev–Trinajstić information content (AvgIpc) is 2.60.